The summed E-state index contributed by atoms with van der Waals surface area (Å²) in [7, 11) is 4.01. The lowest BCUT2D eigenvalue weighted by Crippen LogP contribution is -2.19. The van der Waals surface area contributed by atoms with E-state index in [4.69, 9.17) is 0 Å². The van der Waals surface area contributed by atoms with Crippen LogP contribution in [0.4, 0.5) is 0 Å². The van der Waals surface area contributed by atoms with Crippen LogP contribution in [0.1, 0.15) is 0 Å². The SMILES string of the molecule is CNCCN(C)I. The van der Waals surface area contributed by atoms with Gasteiger partial charge in [-0.1, -0.05) is 0 Å². The summed E-state index contributed by atoms with van der Waals surface area (Å²) >= 11 is 2.26. The first kappa shape index (κ1) is 7.65. The Bertz CT molecular complexity index is 38.7. The molecule has 7 heavy (non-hydrogen) atoms. The van der Waals surface area contributed by atoms with Gasteiger partial charge in [0.1, 0.15) is 0 Å². The van der Waals surface area contributed by atoms with Crippen molar-refractivity contribution in [3.05, 3.63) is 0 Å². The first-order chi connectivity index (χ1) is 3.27. The van der Waals surface area contributed by atoms with E-state index >= 15 is 0 Å². The summed E-state index contributed by atoms with van der Waals surface area (Å²) < 4.78 is 2.12. The van der Waals surface area contributed by atoms with Crippen molar-refractivity contribution in [2.45, 2.75) is 0 Å². The molecule has 0 heterocycles. The summed E-state index contributed by atoms with van der Waals surface area (Å²) in [5, 5.41) is 3.05. The van der Waals surface area contributed by atoms with Crippen LogP contribution in [-0.4, -0.2) is 30.3 Å². The normalized spacial score (nSPS) is 10.3. The number of likely N-dealkylation sites (N-methyl/N-ethyl adjacent to an activating group) is 2. The van der Waals surface area contributed by atoms with Gasteiger partial charge in [-0.25, -0.2) is 3.11 Å². The molecule has 0 amide bonds. The maximum absolute atomic E-state index is 3.05. The van der Waals surface area contributed by atoms with Gasteiger partial charge >= 0.3 is 0 Å². The quantitative estimate of drug-likeness (QED) is 0.543. The second kappa shape index (κ2) is 4.80. The molecule has 1 N–H and O–H groups in total. The van der Waals surface area contributed by atoms with E-state index in [1.54, 1.807) is 0 Å². The summed E-state index contributed by atoms with van der Waals surface area (Å²) in [5.41, 5.74) is 0. The van der Waals surface area contributed by atoms with Crippen molar-refractivity contribution in [2.24, 2.45) is 0 Å². The highest BCUT2D eigenvalue weighted by atomic mass is 127. The van der Waals surface area contributed by atoms with E-state index in [9.17, 15) is 0 Å². The standard InChI is InChI=1S/C4H11IN2/c1-6-3-4-7(2)5/h6H,3-4H2,1-2H3. The molecule has 0 aliphatic carbocycles. The Morgan fingerprint density at radius 3 is 2.43 bits per heavy atom. The predicted molar refractivity (Wildman–Crippen MR) is 40.6 cm³/mol. The van der Waals surface area contributed by atoms with Crippen LogP contribution < -0.4 is 5.32 Å². The Balaban J connectivity index is 2.68. The number of halogens is 1. The average Bonchev–Trinajstić information content (AvgIpc) is 1.61. The lowest BCUT2D eigenvalue weighted by Gasteiger charge is -2.03. The summed E-state index contributed by atoms with van der Waals surface area (Å²) in [4.78, 5) is 0. The minimum absolute atomic E-state index is 1.07. The second-order valence-electron chi connectivity index (χ2n) is 1.43. The third-order valence-corrected chi connectivity index (χ3v) is 1.15. The molecule has 0 rings (SSSR count). The fraction of sp³-hybridized carbons (Fsp3) is 1.00. The molecule has 44 valence electrons. The van der Waals surface area contributed by atoms with Gasteiger partial charge in [-0.2, -0.15) is 0 Å². The molecule has 0 aromatic carbocycles. The van der Waals surface area contributed by atoms with Crippen LogP contribution >= 0.6 is 22.9 Å². The molecule has 0 fully saturated rings. The van der Waals surface area contributed by atoms with Crippen molar-refractivity contribution in [1.82, 2.24) is 8.43 Å². The zero-order valence-electron chi connectivity index (χ0n) is 4.74. The third-order valence-electron chi connectivity index (χ3n) is 0.670. The van der Waals surface area contributed by atoms with Gasteiger partial charge in [0, 0.05) is 36.0 Å². The van der Waals surface area contributed by atoms with Crippen molar-refractivity contribution >= 4 is 22.9 Å². The Kier molecular flexibility index (Phi) is 5.25. The van der Waals surface area contributed by atoms with Crippen LogP contribution in [0.25, 0.3) is 0 Å². The summed E-state index contributed by atoms with van der Waals surface area (Å²) in [6, 6.07) is 0. The Labute approximate surface area is 58.8 Å². The van der Waals surface area contributed by atoms with Crippen LogP contribution in [0.15, 0.2) is 0 Å². The molecule has 3 heteroatoms. The molecule has 0 saturated heterocycles. The van der Waals surface area contributed by atoms with E-state index < -0.39 is 0 Å². The minimum atomic E-state index is 1.07. The topological polar surface area (TPSA) is 15.3 Å². The molecule has 0 radical (unpaired) electrons. The van der Waals surface area contributed by atoms with Crippen molar-refractivity contribution in [3.8, 4) is 0 Å². The van der Waals surface area contributed by atoms with Crippen LogP contribution in [0.2, 0.25) is 0 Å². The zero-order chi connectivity index (χ0) is 5.70. The molecule has 0 aliphatic heterocycles. The summed E-state index contributed by atoms with van der Waals surface area (Å²) in [6.07, 6.45) is 0. The van der Waals surface area contributed by atoms with E-state index in [1.807, 2.05) is 7.05 Å². The Morgan fingerprint density at radius 2 is 2.29 bits per heavy atom. The fourth-order valence-electron chi connectivity index (χ4n) is 0.266. The van der Waals surface area contributed by atoms with E-state index in [1.165, 1.54) is 0 Å². The van der Waals surface area contributed by atoms with Gasteiger partial charge in [0.25, 0.3) is 0 Å². The molecule has 0 aliphatic rings. The molecule has 2 nitrogen and oxygen atoms in total. The molecular weight excluding hydrogens is 203 g/mol. The van der Waals surface area contributed by atoms with E-state index in [0.717, 1.165) is 13.1 Å². The van der Waals surface area contributed by atoms with Crippen molar-refractivity contribution < 1.29 is 0 Å². The van der Waals surface area contributed by atoms with E-state index in [2.05, 4.69) is 38.3 Å². The Morgan fingerprint density at radius 1 is 1.71 bits per heavy atom. The van der Waals surface area contributed by atoms with Crippen molar-refractivity contribution in [2.75, 3.05) is 27.2 Å². The monoisotopic (exact) mass is 214 g/mol. The van der Waals surface area contributed by atoms with Gasteiger partial charge in [-0.05, 0) is 14.1 Å². The summed E-state index contributed by atoms with van der Waals surface area (Å²) in [5.74, 6) is 0. The molecular formula is C4H11IN2. The number of hydrogen-bond donors (Lipinski definition) is 1. The van der Waals surface area contributed by atoms with Crippen molar-refractivity contribution in [3.63, 3.8) is 0 Å². The lowest BCUT2D eigenvalue weighted by atomic mass is 10.6. The molecule has 0 spiro atoms. The molecule has 0 bridgehead atoms. The van der Waals surface area contributed by atoms with Gasteiger partial charge < -0.3 is 5.32 Å². The fourth-order valence-corrected chi connectivity index (χ4v) is 0.507. The van der Waals surface area contributed by atoms with Crippen LogP contribution in [0.3, 0.4) is 0 Å². The smallest absolute Gasteiger partial charge is 0.0203 e. The number of hydrogen-bond acceptors (Lipinski definition) is 2. The van der Waals surface area contributed by atoms with Gasteiger partial charge in [-0.3, -0.25) is 0 Å². The molecule has 0 aromatic rings. The van der Waals surface area contributed by atoms with E-state index in [-0.39, 0.29) is 0 Å². The maximum Gasteiger partial charge on any atom is 0.0203 e. The highest BCUT2D eigenvalue weighted by Crippen LogP contribution is 1.87. The predicted octanol–water partition coefficient (Wildman–Crippen LogP) is 0.488. The molecule has 0 atom stereocenters. The van der Waals surface area contributed by atoms with Crippen LogP contribution in [-0.2, 0) is 0 Å². The average molecular weight is 214 g/mol. The molecule has 0 saturated carbocycles. The summed E-state index contributed by atoms with van der Waals surface area (Å²) in [6.45, 7) is 2.18. The molecule has 0 unspecified atom stereocenters. The number of nitrogens with one attached hydrogen (secondary N) is 1. The number of nitrogens with zero attached hydrogens (tertiary/aromatic N) is 1. The van der Waals surface area contributed by atoms with E-state index in [0.29, 0.717) is 0 Å². The largest absolute Gasteiger partial charge is 0.318 e. The zero-order valence-corrected chi connectivity index (χ0v) is 6.90. The second-order valence-corrected chi connectivity index (χ2v) is 3.08. The number of rotatable bonds is 3. The van der Waals surface area contributed by atoms with Gasteiger partial charge in [0.05, 0.1) is 0 Å². The van der Waals surface area contributed by atoms with Crippen molar-refractivity contribution in [1.29, 1.82) is 0 Å². The van der Waals surface area contributed by atoms with Gasteiger partial charge in [-0.15, -0.1) is 0 Å². The lowest BCUT2D eigenvalue weighted by molar-refractivity contribution is 0.585. The first-order valence-corrected chi connectivity index (χ1v) is 3.25. The van der Waals surface area contributed by atoms with Gasteiger partial charge in [0.2, 0.25) is 0 Å². The van der Waals surface area contributed by atoms with Gasteiger partial charge in [0.15, 0.2) is 0 Å². The third kappa shape index (κ3) is 6.65. The van der Waals surface area contributed by atoms with Crippen LogP contribution in [0, 0.1) is 0 Å². The maximum atomic E-state index is 3.05. The highest BCUT2D eigenvalue weighted by Gasteiger charge is 1.84. The minimum Gasteiger partial charge on any atom is -0.318 e. The Hall–Kier alpha value is 0.650. The first-order valence-electron chi connectivity index (χ1n) is 2.29. The van der Waals surface area contributed by atoms with Crippen LogP contribution in [0.5, 0.6) is 0 Å². The highest BCUT2D eigenvalue weighted by molar-refractivity contribution is 14.1. The molecule has 0 aromatic heterocycles.